The summed E-state index contributed by atoms with van der Waals surface area (Å²) in [6.45, 7) is 1.45. The molecule has 2 aliphatic rings. The third-order valence-corrected chi connectivity index (χ3v) is 5.62. The number of carbonyl (C=O) groups is 3. The summed E-state index contributed by atoms with van der Waals surface area (Å²) >= 11 is 5.46. The Labute approximate surface area is 149 Å². The van der Waals surface area contributed by atoms with Gasteiger partial charge in [0.1, 0.15) is 18.1 Å². The Balaban J connectivity index is 2.02. The van der Waals surface area contributed by atoms with E-state index in [2.05, 4.69) is 17.9 Å². The van der Waals surface area contributed by atoms with E-state index in [4.69, 9.17) is 0 Å². The molecule has 24 heavy (non-hydrogen) atoms. The maximum Gasteiger partial charge on any atom is 0.232 e. The van der Waals surface area contributed by atoms with Crippen LogP contribution >= 0.6 is 24.4 Å². The highest BCUT2D eigenvalue weighted by atomic mass is 32.2. The fourth-order valence-corrected chi connectivity index (χ4v) is 4.62. The molecule has 2 aliphatic heterocycles. The van der Waals surface area contributed by atoms with Crippen LogP contribution in [0.1, 0.15) is 18.9 Å². The minimum Gasteiger partial charge on any atom is -0.341 e. The van der Waals surface area contributed by atoms with Crippen LogP contribution < -0.4 is 9.88 Å². The van der Waals surface area contributed by atoms with Gasteiger partial charge >= 0.3 is 0 Å². The van der Waals surface area contributed by atoms with Gasteiger partial charge in [-0.15, -0.1) is 11.8 Å². The molecule has 0 aromatic carbocycles. The zero-order chi connectivity index (χ0) is 17.4. The van der Waals surface area contributed by atoms with Crippen molar-refractivity contribution in [2.75, 3.05) is 0 Å². The number of rotatable bonds is 4. The summed E-state index contributed by atoms with van der Waals surface area (Å²) in [5.41, 5.74) is 2.02. The molecule has 6 nitrogen and oxygen atoms in total. The SMILES string of the molecule is CC(=O)NC1S[C@@H]2CC(=O)N2C(C(=O)S)=C1Cc1cc[n+](C)cc1. The van der Waals surface area contributed by atoms with Gasteiger partial charge in [0.2, 0.25) is 16.9 Å². The molecule has 8 heteroatoms. The highest BCUT2D eigenvalue weighted by Crippen LogP contribution is 2.44. The third-order valence-electron chi connectivity index (χ3n) is 4.04. The summed E-state index contributed by atoms with van der Waals surface area (Å²) in [7, 11) is 1.92. The molecule has 1 saturated heterocycles. The molecule has 1 fully saturated rings. The lowest BCUT2D eigenvalue weighted by Gasteiger charge is -2.47. The molecule has 2 amide bonds. The fourth-order valence-electron chi connectivity index (χ4n) is 2.88. The monoisotopic (exact) mass is 364 g/mol. The highest BCUT2D eigenvalue weighted by molar-refractivity contribution is 8.01. The van der Waals surface area contributed by atoms with Gasteiger partial charge in [0.05, 0.1) is 11.8 Å². The number of nitrogens with one attached hydrogen (secondary N) is 1. The van der Waals surface area contributed by atoms with Crippen molar-refractivity contribution in [2.24, 2.45) is 7.05 Å². The number of aromatic nitrogens is 1. The van der Waals surface area contributed by atoms with Crippen LogP contribution in [0.15, 0.2) is 35.8 Å². The second kappa shape index (κ2) is 6.60. The van der Waals surface area contributed by atoms with Gasteiger partial charge in [-0.25, -0.2) is 4.57 Å². The molecule has 1 N–H and O–H groups in total. The van der Waals surface area contributed by atoms with Crippen molar-refractivity contribution in [1.82, 2.24) is 10.2 Å². The van der Waals surface area contributed by atoms with Crippen molar-refractivity contribution in [3.63, 3.8) is 0 Å². The summed E-state index contributed by atoms with van der Waals surface area (Å²) in [4.78, 5) is 37.1. The Bertz CT molecular complexity index is 745. The van der Waals surface area contributed by atoms with Crippen LogP contribution in [0.5, 0.6) is 0 Å². The number of aryl methyl sites for hydroxylation is 1. The maximum atomic E-state index is 12.1. The van der Waals surface area contributed by atoms with Crippen LogP contribution in [-0.2, 0) is 27.9 Å². The number of nitrogens with zero attached hydrogens (tertiary/aromatic N) is 2. The number of hydrogen-bond donors (Lipinski definition) is 2. The summed E-state index contributed by atoms with van der Waals surface area (Å²) in [6, 6.07) is 3.90. The van der Waals surface area contributed by atoms with Gasteiger partial charge in [-0.3, -0.25) is 19.3 Å². The van der Waals surface area contributed by atoms with Crippen LogP contribution in [0.3, 0.4) is 0 Å². The van der Waals surface area contributed by atoms with Crippen LogP contribution in [0, 0.1) is 0 Å². The quantitative estimate of drug-likeness (QED) is 0.465. The van der Waals surface area contributed by atoms with Crippen LogP contribution in [0.25, 0.3) is 0 Å². The molecule has 0 aliphatic carbocycles. The first-order valence-corrected chi connectivity index (χ1v) is 8.91. The van der Waals surface area contributed by atoms with Crippen molar-refractivity contribution in [3.8, 4) is 0 Å². The van der Waals surface area contributed by atoms with Gasteiger partial charge in [0, 0.05) is 19.1 Å². The predicted molar refractivity (Wildman–Crippen MR) is 92.8 cm³/mol. The zero-order valence-electron chi connectivity index (χ0n) is 13.4. The summed E-state index contributed by atoms with van der Waals surface area (Å²) in [6.07, 6.45) is 4.68. The van der Waals surface area contributed by atoms with Crippen LogP contribution in [0.2, 0.25) is 0 Å². The van der Waals surface area contributed by atoms with Gasteiger partial charge in [-0.2, -0.15) is 0 Å². The lowest BCUT2D eigenvalue weighted by molar-refractivity contribution is -0.671. The van der Waals surface area contributed by atoms with Crippen molar-refractivity contribution >= 4 is 41.3 Å². The van der Waals surface area contributed by atoms with Gasteiger partial charge in [-0.05, 0) is 17.6 Å². The minimum atomic E-state index is -0.444. The molecule has 2 atom stereocenters. The topological polar surface area (TPSA) is 70.4 Å². The van der Waals surface area contributed by atoms with Crippen molar-refractivity contribution in [3.05, 3.63) is 41.4 Å². The van der Waals surface area contributed by atoms with Gasteiger partial charge in [0.15, 0.2) is 12.4 Å². The van der Waals surface area contributed by atoms with E-state index in [1.54, 1.807) is 0 Å². The molecule has 1 aromatic heterocycles. The molecule has 1 aromatic rings. The van der Waals surface area contributed by atoms with Gasteiger partial charge in [0.25, 0.3) is 0 Å². The standard InChI is InChI=1S/C16H17N3O3S2/c1-9(20)17-15-11(7-10-3-5-18(2)6-4-10)14(16(22)23)19-12(21)8-13(19)24-15/h3-6,13,15H,7-8H2,1-2H3,(H-,17,20,22,23)/p+1/t13-,15?/m1/s1. The molecule has 1 unspecified atom stereocenters. The molecule has 3 heterocycles. The molecule has 0 spiro atoms. The number of β-lactam (4-membered cyclic amide) rings is 1. The first-order valence-electron chi connectivity index (χ1n) is 7.52. The van der Waals surface area contributed by atoms with E-state index < -0.39 is 5.12 Å². The van der Waals surface area contributed by atoms with Crippen LogP contribution in [0.4, 0.5) is 0 Å². The number of pyridine rings is 1. The minimum absolute atomic E-state index is 0.0804. The summed E-state index contributed by atoms with van der Waals surface area (Å²) in [5, 5.41) is 1.99. The Kier molecular flexibility index (Phi) is 4.69. The highest BCUT2D eigenvalue weighted by Gasteiger charge is 2.47. The Morgan fingerprint density at radius 3 is 2.62 bits per heavy atom. The Morgan fingerprint density at radius 1 is 1.42 bits per heavy atom. The van der Waals surface area contributed by atoms with Gasteiger partial charge < -0.3 is 5.32 Å². The molecule has 0 bridgehead atoms. The molecule has 0 saturated carbocycles. The second-order valence-corrected chi connectivity index (χ2v) is 7.56. The van der Waals surface area contributed by atoms with E-state index in [1.165, 1.54) is 23.6 Å². The zero-order valence-corrected chi connectivity index (χ0v) is 15.1. The smallest absolute Gasteiger partial charge is 0.232 e. The molecular weight excluding hydrogens is 346 g/mol. The molecule has 126 valence electrons. The first kappa shape index (κ1) is 17.0. The van der Waals surface area contributed by atoms with E-state index in [1.807, 2.05) is 36.1 Å². The van der Waals surface area contributed by atoms with Crippen molar-refractivity contribution < 1.29 is 19.0 Å². The average Bonchev–Trinajstić information content (AvgIpc) is 2.50. The van der Waals surface area contributed by atoms with E-state index >= 15 is 0 Å². The third kappa shape index (κ3) is 3.21. The summed E-state index contributed by atoms with van der Waals surface area (Å²) < 4.78 is 1.92. The number of thioether (sulfide) groups is 1. The maximum absolute atomic E-state index is 12.1. The van der Waals surface area contributed by atoms with Crippen LogP contribution in [-0.4, -0.2) is 32.6 Å². The first-order chi connectivity index (χ1) is 11.4. The average molecular weight is 364 g/mol. The van der Waals surface area contributed by atoms with E-state index in [-0.39, 0.29) is 22.6 Å². The predicted octanol–water partition coefficient (Wildman–Crippen LogP) is 0.531. The summed E-state index contributed by atoms with van der Waals surface area (Å²) in [5.74, 6) is -0.252. The number of carbonyl (C=O) groups excluding carboxylic acids is 3. The van der Waals surface area contributed by atoms with Crippen molar-refractivity contribution in [2.45, 2.75) is 30.5 Å². The van der Waals surface area contributed by atoms with Crippen molar-refractivity contribution in [1.29, 1.82) is 0 Å². The lowest BCUT2D eigenvalue weighted by Crippen LogP contribution is -2.57. The number of thiol groups is 1. The molecular formula is C16H18N3O3S2+. The number of hydrogen-bond acceptors (Lipinski definition) is 4. The fraction of sp³-hybridized carbons (Fsp3) is 0.375. The Hall–Kier alpha value is -1.80. The van der Waals surface area contributed by atoms with E-state index in [0.29, 0.717) is 24.1 Å². The Morgan fingerprint density at radius 2 is 2.08 bits per heavy atom. The molecule has 3 rings (SSSR count). The van der Waals surface area contributed by atoms with Gasteiger partial charge in [-0.1, -0.05) is 12.6 Å². The normalized spacial score (nSPS) is 22.8. The van der Waals surface area contributed by atoms with E-state index in [0.717, 1.165) is 5.56 Å². The van der Waals surface area contributed by atoms with E-state index in [9.17, 15) is 14.4 Å². The molecule has 0 radical (unpaired) electrons. The number of fused-ring (bicyclic) bond motifs is 1. The lowest BCUT2D eigenvalue weighted by atomic mass is 10.0. The second-order valence-electron chi connectivity index (χ2n) is 5.87. The largest absolute Gasteiger partial charge is 0.341 e. The number of amides is 2.